The molecule has 0 rings (SSSR count). The van der Waals surface area contributed by atoms with E-state index in [1.54, 1.807) is 6.08 Å². The molecule has 0 saturated heterocycles. The molecule has 52 heavy (non-hydrogen) atoms. The van der Waals surface area contributed by atoms with Gasteiger partial charge < -0.3 is 15.5 Å². The lowest BCUT2D eigenvalue weighted by molar-refractivity contribution is -0.123. The van der Waals surface area contributed by atoms with Gasteiger partial charge in [-0.25, -0.2) is 0 Å². The second kappa shape index (κ2) is 42.2. The number of hydrogen-bond donors (Lipinski definition) is 3. The highest BCUT2D eigenvalue weighted by Crippen LogP contribution is 2.08. The number of nitrogens with one attached hydrogen (secondary N) is 1. The smallest absolute Gasteiger partial charge is 0.220 e. The van der Waals surface area contributed by atoms with Crippen LogP contribution >= 0.6 is 0 Å². The van der Waals surface area contributed by atoms with Crippen molar-refractivity contribution < 1.29 is 15.0 Å². The molecule has 0 aromatic carbocycles. The fourth-order valence-electron chi connectivity index (χ4n) is 5.24. The van der Waals surface area contributed by atoms with Crippen molar-refractivity contribution in [3.63, 3.8) is 0 Å². The molecule has 0 aliphatic heterocycles. The summed E-state index contributed by atoms with van der Waals surface area (Å²) < 4.78 is 0. The number of rotatable bonds is 35. The Balaban J connectivity index is 3.81. The van der Waals surface area contributed by atoms with Gasteiger partial charge in [0, 0.05) is 6.42 Å². The molecule has 2 atom stereocenters. The Kier molecular flexibility index (Phi) is 39.6. The number of allylic oxidation sites excluding steroid dienone is 19. The second-order valence-electron chi connectivity index (χ2n) is 13.3. The summed E-state index contributed by atoms with van der Waals surface area (Å²) in [6.07, 6.45) is 65.7. The van der Waals surface area contributed by atoms with E-state index in [9.17, 15) is 15.0 Å². The summed E-state index contributed by atoms with van der Waals surface area (Å²) >= 11 is 0. The van der Waals surface area contributed by atoms with E-state index in [0.29, 0.717) is 6.42 Å². The molecule has 3 N–H and O–H groups in total. The zero-order valence-corrected chi connectivity index (χ0v) is 33.3. The third kappa shape index (κ3) is 38.0. The second-order valence-corrected chi connectivity index (χ2v) is 13.3. The summed E-state index contributed by atoms with van der Waals surface area (Å²) in [5.74, 6) is -0.117. The number of carbonyl (C=O) groups is 1. The molecule has 0 heterocycles. The normalized spacial score (nSPS) is 14.3. The number of unbranched alkanes of at least 4 members (excludes halogenated alkanes) is 10. The van der Waals surface area contributed by atoms with Gasteiger partial charge in [-0.2, -0.15) is 0 Å². The van der Waals surface area contributed by atoms with Crippen LogP contribution in [-0.4, -0.2) is 34.9 Å². The fraction of sp³-hybridized carbons (Fsp3) is 0.562. The molecule has 2 unspecified atom stereocenters. The van der Waals surface area contributed by atoms with Crippen LogP contribution in [-0.2, 0) is 4.79 Å². The largest absolute Gasteiger partial charge is 0.394 e. The molecule has 0 radical (unpaired) electrons. The molecule has 0 spiro atoms. The van der Waals surface area contributed by atoms with Crippen molar-refractivity contribution >= 4 is 5.91 Å². The average molecular weight is 716 g/mol. The van der Waals surface area contributed by atoms with Gasteiger partial charge in [-0.05, 0) is 103 Å². The number of hydrogen-bond acceptors (Lipinski definition) is 3. The lowest BCUT2D eigenvalue weighted by atomic mass is 10.1. The van der Waals surface area contributed by atoms with Crippen LogP contribution in [0.15, 0.2) is 122 Å². The molecule has 0 fully saturated rings. The van der Waals surface area contributed by atoms with Crippen LogP contribution in [0.4, 0.5) is 0 Å². The Hall–Kier alpha value is -3.21. The minimum atomic E-state index is -0.892. The Labute approximate surface area is 320 Å². The number of aliphatic hydroxyl groups excluding tert-OH is 2. The molecule has 292 valence electrons. The minimum absolute atomic E-state index is 0.117. The van der Waals surface area contributed by atoms with Crippen molar-refractivity contribution in [1.29, 1.82) is 0 Å². The topological polar surface area (TPSA) is 69.6 Å². The molecular formula is C48H77NO3. The first-order valence-corrected chi connectivity index (χ1v) is 20.7. The van der Waals surface area contributed by atoms with Gasteiger partial charge in [-0.15, -0.1) is 0 Å². The van der Waals surface area contributed by atoms with E-state index in [1.807, 2.05) is 6.08 Å². The molecule has 0 saturated carbocycles. The van der Waals surface area contributed by atoms with Crippen LogP contribution in [0.25, 0.3) is 0 Å². The fourth-order valence-corrected chi connectivity index (χ4v) is 5.24. The quantitative estimate of drug-likeness (QED) is 0.0452. The molecule has 1 amide bonds. The molecule has 0 aromatic heterocycles. The monoisotopic (exact) mass is 716 g/mol. The number of amides is 1. The molecule has 0 aliphatic rings. The van der Waals surface area contributed by atoms with Gasteiger partial charge >= 0.3 is 0 Å². The molecule has 0 bridgehead atoms. The summed E-state index contributed by atoms with van der Waals surface area (Å²) in [4.78, 5) is 12.4. The first kappa shape index (κ1) is 48.8. The average Bonchev–Trinajstić information content (AvgIpc) is 3.15. The van der Waals surface area contributed by atoms with Crippen molar-refractivity contribution in [3.8, 4) is 0 Å². The summed E-state index contributed by atoms with van der Waals surface area (Å²) in [6, 6.07) is -0.672. The lowest BCUT2D eigenvalue weighted by Gasteiger charge is -2.19. The van der Waals surface area contributed by atoms with Gasteiger partial charge in [-0.3, -0.25) is 4.79 Å². The molecular weight excluding hydrogens is 639 g/mol. The van der Waals surface area contributed by atoms with E-state index in [0.717, 1.165) is 96.3 Å². The van der Waals surface area contributed by atoms with Crippen molar-refractivity contribution in [3.05, 3.63) is 122 Å². The van der Waals surface area contributed by atoms with Crippen molar-refractivity contribution in [2.24, 2.45) is 0 Å². The first-order valence-electron chi connectivity index (χ1n) is 20.7. The lowest BCUT2D eigenvalue weighted by Crippen LogP contribution is -2.45. The third-order valence-electron chi connectivity index (χ3n) is 8.41. The molecule has 4 nitrogen and oxygen atoms in total. The summed E-state index contributed by atoms with van der Waals surface area (Å²) in [7, 11) is 0. The highest BCUT2D eigenvalue weighted by Gasteiger charge is 2.17. The van der Waals surface area contributed by atoms with E-state index in [4.69, 9.17) is 0 Å². The van der Waals surface area contributed by atoms with Crippen LogP contribution in [0.3, 0.4) is 0 Å². The van der Waals surface area contributed by atoms with Gasteiger partial charge in [0.25, 0.3) is 0 Å². The van der Waals surface area contributed by atoms with Crippen LogP contribution in [0, 0.1) is 0 Å². The maximum absolute atomic E-state index is 12.4. The van der Waals surface area contributed by atoms with E-state index in [-0.39, 0.29) is 12.5 Å². The zero-order valence-electron chi connectivity index (χ0n) is 33.3. The van der Waals surface area contributed by atoms with Crippen molar-refractivity contribution in [1.82, 2.24) is 5.32 Å². The number of carbonyl (C=O) groups excluding carboxylic acids is 1. The third-order valence-corrected chi connectivity index (χ3v) is 8.41. The minimum Gasteiger partial charge on any atom is -0.394 e. The molecule has 4 heteroatoms. The Morgan fingerprint density at radius 2 is 0.865 bits per heavy atom. The van der Waals surface area contributed by atoms with Crippen molar-refractivity contribution in [2.75, 3.05) is 6.61 Å². The summed E-state index contributed by atoms with van der Waals surface area (Å²) in [5, 5.41) is 22.9. The zero-order chi connectivity index (χ0) is 37.8. The van der Waals surface area contributed by atoms with E-state index >= 15 is 0 Å². The number of aliphatic hydroxyl groups is 2. The first-order chi connectivity index (χ1) is 25.7. The maximum Gasteiger partial charge on any atom is 0.220 e. The van der Waals surface area contributed by atoms with E-state index < -0.39 is 12.1 Å². The van der Waals surface area contributed by atoms with Crippen LogP contribution < -0.4 is 5.32 Å². The Morgan fingerprint density at radius 3 is 1.33 bits per heavy atom. The van der Waals surface area contributed by atoms with Gasteiger partial charge in [0.15, 0.2) is 0 Å². The maximum atomic E-state index is 12.4. The van der Waals surface area contributed by atoms with Crippen LogP contribution in [0.5, 0.6) is 0 Å². The van der Waals surface area contributed by atoms with Gasteiger partial charge in [0.1, 0.15) is 0 Å². The summed E-state index contributed by atoms with van der Waals surface area (Å²) in [5.41, 5.74) is 0. The van der Waals surface area contributed by atoms with Gasteiger partial charge in [0.2, 0.25) is 5.91 Å². The van der Waals surface area contributed by atoms with Gasteiger partial charge in [0.05, 0.1) is 18.8 Å². The Morgan fingerprint density at radius 1 is 0.481 bits per heavy atom. The SMILES string of the molecule is CC/C=C\C/C=C\C/C=C\C/C=C\C/C=C\C/C=C\C/C=C\CCCCCC(=O)NC(CO)C(O)/C=C/CC/C=C/CC/C=C/CCCCCCC. The highest BCUT2D eigenvalue weighted by atomic mass is 16.3. The van der Waals surface area contributed by atoms with E-state index in [2.05, 4.69) is 129 Å². The standard InChI is InChI=1S/C48H77NO3/c1-3-5-7-9-11-13-15-17-19-20-21-22-23-24-25-26-27-28-30-32-34-36-38-40-42-44-48(52)49-46(45-50)47(51)43-41-39-37-35-33-31-29-18-16-14-12-10-8-6-4-2/h5,7,11,13,16-19,21-22,24-25,27-28,32-35,41,43,46-47,50-51H,3-4,6,8-10,12,14-15,20,23,26,29-31,36-40,42,44-45H2,1-2H3,(H,49,52)/b7-5-,13-11-,18-16+,19-17-,22-21-,25-24-,28-27-,34-32-,35-33+,43-41+. The van der Waals surface area contributed by atoms with Crippen LogP contribution in [0.1, 0.15) is 155 Å². The molecule has 0 aromatic rings. The van der Waals surface area contributed by atoms with Crippen LogP contribution in [0.2, 0.25) is 0 Å². The molecule has 0 aliphatic carbocycles. The summed E-state index contributed by atoms with van der Waals surface area (Å²) in [6.45, 7) is 4.12. The van der Waals surface area contributed by atoms with Crippen molar-refractivity contribution in [2.45, 2.75) is 167 Å². The predicted molar refractivity (Wildman–Crippen MR) is 229 cm³/mol. The highest BCUT2D eigenvalue weighted by molar-refractivity contribution is 5.76. The predicted octanol–water partition coefficient (Wildman–Crippen LogP) is 13.0. The van der Waals surface area contributed by atoms with E-state index in [1.165, 1.54) is 38.5 Å². The van der Waals surface area contributed by atoms with Gasteiger partial charge in [-0.1, -0.05) is 167 Å². The Bertz CT molecular complexity index is 1080.